The van der Waals surface area contributed by atoms with Crippen LogP contribution in [0.1, 0.15) is 0 Å². The molecule has 6 nitrogen and oxygen atoms in total. The lowest BCUT2D eigenvalue weighted by molar-refractivity contribution is 0.906. The third-order valence-corrected chi connectivity index (χ3v) is 2.30. The molecule has 1 unspecified atom stereocenters. The molecule has 0 aliphatic rings. The van der Waals surface area contributed by atoms with Gasteiger partial charge in [-0.3, -0.25) is 9.78 Å². The van der Waals surface area contributed by atoms with E-state index in [1.54, 1.807) is 17.9 Å². The highest BCUT2D eigenvalue weighted by molar-refractivity contribution is 7.15. The Labute approximate surface area is 82.0 Å². The highest BCUT2D eigenvalue weighted by Crippen LogP contribution is 2.08. The number of imidazole rings is 1. The van der Waals surface area contributed by atoms with Crippen LogP contribution in [0.15, 0.2) is 11.1 Å². The predicted octanol–water partition coefficient (Wildman–Crippen LogP) is -0.00610. The molecular weight excluding hydrogens is 201 g/mol. The first kappa shape index (κ1) is 9.15. The summed E-state index contributed by atoms with van der Waals surface area (Å²) in [4.78, 5) is 22.2. The van der Waals surface area contributed by atoms with Crippen molar-refractivity contribution < 1.29 is 0 Å². The van der Waals surface area contributed by atoms with Gasteiger partial charge in [0.1, 0.15) is 0 Å². The van der Waals surface area contributed by atoms with E-state index in [2.05, 4.69) is 29.5 Å². The molecule has 0 amide bonds. The SMILES string of the molecule is CNc1nc2c(ncn2CP)c(=O)[nH]1. The number of hydrogen-bond acceptors (Lipinski definition) is 4. The third-order valence-electron chi connectivity index (χ3n) is 1.91. The lowest BCUT2D eigenvalue weighted by Gasteiger charge is -2.00. The van der Waals surface area contributed by atoms with E-state index in [0.29, 0.717) is 23.4 Å². The van der Waals surface area contributed by atoms with Gasteiger partial charge < -0.3 is 9.88 Å². The average molecular weight is 211 g/mol. The molecule has 0 radical (unpaired) electrons. The van der Waals surface area contributed by atoms with Gasteiger partial charge in [0, 0.05) is 13.3 Å². The van der Waals surface area contributed by atoms with E-state index in [4.69, 9.17) is 0 Å². The summed E-state index contributed by atoms with van der Waals surface area (Å²) in [5.74, 6) is 0.447. The second-order valence-electron chi connectivity index (χ2n) is 2.73. The van der Waals surface area contributed by atoms with Crippen molar-refractivity contribution in [1.82, 2.24) is 19.5 Å². The molecule has 1 atom stereocenters. The molecule has 2 N–H and O–H groups in total. The zero-order chi connectivity index (χ0) is 10.1. The van der Waals surface area contributed by atoms with Gasteiger partial charge in [0.05, 0.1) is 6.33 Å². The Bertz CT molecular complexity index is 516. The Morgan fingerprint density at radius 3 is 3.14 bits per heavy atom. The number of nitrogens with zero attached hydrogens (tertiary/aromatic N) is 3. The number of hydrogen-bond donors (Lipinski definition) is 2. The van der Waals surface area contributed by atoms with Gasteiger partial charge >= 0.3 is 0 Å². The first-order valence-electron chi connectivity index (χ1n) is 4.09. The molecule has 0 saturated carbocycles. The number of aromatic nitrogens is 4. The van der Waals surface area contributed by atoms with Crippen LogP contribution in [0.5, 0.6) is 0 Å². The van der Waals surface area contributed by atoms with Gasteiger partial charge in [-0.25, -0.2) is 4.98 Å². The summed E-state index contributed by atoms with van der Waals surface area (Å²) in [5.41, 5.74) is 0.733. The number of nitrogens with one attached hydrogen (secondary N) is 2. The van der Waals surface area contributed by atoms with Gasteiger partial charge in [0.15, 0.2) is 11.2 Å². The van der Waals surface area contributed by atoms with Gasteiger partial charge in [-0.1, -0.05) is 0 Å². The monoisotopic (exact) mass is 211 g/mol. The predicted molar refractivity (Wildman–Crippen MR) is 57.4 cm³/mol. The number of aromatic amines is 1. The van der Waals surface area contributed by atoms with Crippen molar-refractivity contribution in [2.75, 3.05) is 12.4 Å². The van der Waals surface area contributed by atoms with Crippen molar-refractivity contribution in [2.24, 2.45) is 0 Å². The van der Waals surface area contributed by atoms with Crippen molar-refractivity contribution in [3.8, 4) is 0 Å². The van der Waals surface area contributed by atoms with Gasteiger partial charge in [0.25, 0.3) is 5.56 Å². The molecule has 0 fully saturated rings. The average Bonchev–Trinajstić information content (AvgIpc) is 2.61. The second kappa shape index (κ2) is 3.38. The van der Waals surface area contributed by atoms with E-state index in [0.717, 1.165) is 0 Å². The Kier molecular flexibility index (Phi) is 2.21. The summed E-state index contributed by atoms with van der Waals surface area (Å²) in [6, 6.07) is 0. The van der Waals surface area contributed by atoms with Gasteiger partial charge in [0.2, 0.25) is 5.95 Å². The van der Waals surface area contributed by atoms with Crippen molar-refractivity contribution in [2.45, 2.75) is 6.29 Å². The van der Waals surface area contributed by atoms with Crippen LogP contribution < -0.4 is 10.9 Å². The molecule has 0 aliphatic heterocycles. The first-order valence-corrected chi connectivity index (χ1v) is 4.91. The number of H-pyrrole nitrogens is 1. The molecule has 2 aromatic rings. The molecule has 0 aliphatic carbocycles. The second-order valence-corrected chi connectivity index (χ2v) is 3.10. The molecule has 74 valence electrons. The first-order chi connectivity index (χ1) is 6.76. The normalized spacial score (nSPS) is 10.7. The molecule has 0 spiro atoms. The third kappa shape index (κ3) is 1.28. The maximum absolute atomic E-state index is 11.5. The van der Waals surface area contributed by atoms with Crippen LogP contribution in [-0.4, -0.2) is 26.6 Å². The minimum absolute atomic E-state index is 0.225. The van der Waals surface area contributed by atoms with Gasteiger partial charge in [-0.15, -0.1) is 9.24 Å². The van der Waals surface area contributed by atoms with Crippen LogP contribution in [0.4, 0.5) is 5.95 Å². The zero-order valence-corrected chi connectivity index (χ0v) is 8.77. The van der Waals surface area contributed by atoms with Crippen LogP contribution in [0.3, 0.4) is 0 Å². The fourth-order valence-corrected chi connectivity index (χ4v) is 1.47. The highest BCUT2D eigenvalue weighted by Gasteiger charge is 2.07. The van der Waals surface area contributed by atoms with Crippen LogP contribution in [0.25, 0.3) is 11.2 Å². The Hall–Kier alpha value is -1.42. The maximum atomic E-state index is 11.5. The molecule has 2 aromatic heterocycles. The minimum atomic E-state index is -0.225. The van der Waals surface area contributed by atoms with Crippen LogP contribution in [0, 0.1) is 0 Å². The Morgan fingerprint density at radius 1 is 1.71 bits per heavy atom. The lowest BCUT2D eigenvalue weighted by atomic mass is 10.5. The largest absolute Gasteiger partial charge is 0.359 e. The molecule has 7 heteroatoms. The summed E-state index contributed by atoms with van der Waals surface area (Å²) < 4.78 is 1.79. The molecule has 0 aromatic carbocycles. The van der Waals surface area contributed by atoms with Crippen molar-refractivity contribution in [3.63, 3.8) is 0 Å². The van der Waals surface area contributed by atoms with Gasteiger partial charge in [-0.05, 0) is 0 Å². The fourth-order valence-electron chi connectivity index (χ4n) is 1.21. The zero-order valence-electron chi connectivity index (χ0n) is 7.61. The van der Waals surface area contributed by atoms with E-state index < -0.39 is 0 Å². The van der Waals surface area contributed by atoms with E-state index in [9.17, 15) is 4.79 Å². The Morgan fingerprint density at radius 2 is 2.50 bits per heavy atom. The number of fused-ring (bicyclic) bond motifs is 1. The molecule has 2 rings (SSSR count). The van der Waals surface area contributed by atoms with E-state index in [1.807, 2.05) is 0 Å². The van der Waals surface area contributed by atoms with E-state index in [-0.39, 0.29) is 5.56 Å². The fraction of sp³-hybridized carbons (Fsp3) is 0.286. The van der Waals surface area contributed by atoms with Gasteiger partial charge in [-0.2, -0.15) is 4.98 Å². The van der Waals surface area contributed by atoms with E-state index >= 15 is 0 Å². The van der Waals surface area contributed by atoms with Crippen LogP contribution >= 0.6 is 9.24 Å². The molecule has 2 heterocycles. The Balaban J connectivity index is 2.80. The summed E-state index contributed by atoms with van der Waals surface area (Å²) >= 11 is 0. The summed E-state index contributed by atoms with van der Waals surface area (Å²) in [5, 5.41) is 2.79. The topological polar surface area (TPSA) is 75.6 Å². The molecule has 0 bridgehead atoms. The van der Waals surface area contributed by atoms with Crippen LogP contribution in [0.2, 0.25) is 0 Å². The highest BCUT2D eigenvalue weighted by atomic mass is 31.0. The summed E-state index contributed by atoms with van der Waals surface area (Å²) in [7, 11) is 4.25. The summed E-state index contributed by atoms with van der Waals surface area (Å²) in [6.45, 7) is 0. The van der Waals surface area contributed by atoms with E-state index in [1.165, 1.54) is 0 Å². The maximum Gasteiger partial charge on any atom is 0.280 e. The quantitative estimate of drug-likeness (QED) is 0.685. The standard InChI is InChI=1S/C7H10N5OP/c1-8-7-10-5-4(6(13)11-7)9-2-12(5)3-14/h2H,3,14H2,1H3,(H2,8,10,11,13). The van der Waals surface area contributed by atoms with Crippen molar-refractivity contribution in [3.05, 3.63) is 16.7 Å². The molecule has 0 saturated heterocycles. The number of rotatable bonds is 2. The molecule has 14 heavy (non-hydrogen) atoms. The van der Waals surface area contributed by atoms with Crippen molar-refractivity contribution >= 4 is 26.4 Å². The molecular formula is C7H10N5OP. The minimum Gasteiger partial charge on any atom is -0.359 e. The summed E-state index contributed by atoms with van der Waals surface area (Å²) in [6.07, 6.45) is 2.26. The smallest absolute Gasteiger partial charge is 0.280 e. The lowest BCUT2D eigenvalue weighted by Crippen LogP contribution is -2.12. The number of anilines is 1. The van der Waals surface area contributed by atoms with Crippen LogP contribution in [-0.2, 0) is 6.29 Å². The van der Waals surface area contributed by atoms with Crippen molar-refractivity contribution in [1.29, 1.82) is 0 Å².